The number of hydrogen-bond donors (Lipinski definition) is 2. The molecule has 3 unspecified atom stereocenters. The first-order chi connectivity index (χ1) is 14.0. The van der Waals surface area contributed by atoms with Gasteiger partial charge in [-0.05, 0) is 60.1 Å². The third-order valence-electron chi connectivity index (χ3n) is 6.86. The van der Waals surface area contributed by atoms with Crippen LogP contribution in [0, 0.1) is 23.7 Å². The highest BCUT2D eigenvalue weighted by atomic mass is 16.7. The van der Waals surface area contributed by atoms with Crippen LogP contribution in [-0.4, -0.2) is 23.3 Å². The van der Waals surface area contributed by atoms with Gasteiger partial charge in [0.05, 0.1) is 13.2 Å². The van der Waals surface area contributed by atoms with Gasteiger partial charge in [0, 0.05) is 12.5 Å². The average molecular weight is 400 g/mol. The first-order valence-corrected chi connectivity index (χ1v) is 11.0. The molecule has 29 heavy (non-hydrogen) atoms. The molecule has 0 spiro atoms. The van der Waals surface area contributed by atoms with E-state index in [1.165, 1.54) is 19.3 Å². The molecule has 5 heteroatoms. The van der Waals surface area contributed by atoms with E-state index in [9.17, 15) is 4.79 Å². The molecule has 0 aromatic heterocycles. The standard InChI is InChI=1S/C24H33NO4/c1-15(2)20-11-22(24(27)25-21-10-18-7-8-19(21)9-18)29-23(12-20)28-14-17-5-3-16(13-26)4-6-17/h3-6,11,15,18-21,23,26H,7-10,12-14H2,1-2H3,(H,25,27)/t18?,19?,20-,21?,23+/m0/s1. The molecule has 1 amide bonds. The predicted octanol–water partition coefficient (Wildman–Crippen LogP) is 3.90. The number of carbonyl (C=O) groups excluding carboxylic acids is 1. The summed E-state index contributed by atoms with van der Waals surface area (Å²) in [6.45, 7) is 4.79. The minimum atomic E-state index is -0.425. The molecule has 2 saturated carbocycles. The van der Waals surface area contributed by atoms with Crippen molar-refractivity contribution in [3.63, 3.8) is 0 Å². The second-order valence-electron chi connectivity index (χ2n) is 9.26. The Morgan fingerprint density at radius 2 is 1.93 bits per heavy atom. The number of nitrogens with one attached hydrogen (secondary N) is 1. The maximum absolute atomic E-state index is 12.9. The summed E-state index contributed by atoms with van der Waals surface area (Å²) in [7, 11) is 0. The van der Waals surface area contributed by atoms with Gasteiger partial charge in [0.2, 0.25) is 6.29 Å². The monoisotopic (exact) mass is 399 g/mol. The molecule has 5 atom stereocenters. The van der Waals surface area contributed by atoms with E-state index >= 15 is 0 Å². The lowest BCUT2D eigenvalue weighted by atomic mass is 9.90. The van der Waals surface area contributed by atoms with Crippen molar-refractivity contribution in [2.75, 3.05) is 0 Å². The number of rotatable bonds is 7. The zero-order chi connectivity index (χ0) is 20.4. The fourth-order valence-corrected chi connectivity index (χ4v) is 5.00. The van der Waals surface area contributed by atoms with E-state index < -0.39 is 6.29 Å². The van der Waals surface area contributed by atoms with Gasteiger partial charge in [0.25, 0.3) is 5.91 Å². The van der Waals surface area contributed by atoms with Gasteiger partial charge >= 0.3 is 0 Å². The first-order valence-electron chi connectivity index (χ1n) is 11.0. The van der Waals surface area contributed by atoms with Crippen LogP contribution in [0.3, 0.4) is 0 Å². The summed E-state index contributed by atoms with van der Waals surface area (Å²) in [6.07, 6.45) is 7.25. The molecule has 2 aliphatic carbocycles. The largest absolute Gasteiger partial charge is 0.459 e. The number of amides is 1. The molecule has 1 aliphatic heterocycles. The van der Waals surface area contributed by atoms with Crippen LogP contribution in [0.5, 0.6) is 0 Å². The maximum Gasteiger partial charge on any atom is 0.286 e. The molecule has 5 nitrogen and oxygen atoms in total. The molecule has 3 aliphatic rings. The minimum absolute atomic E-state index is 0.0365. The number of ether oxygens (including phenoxy) is 2. The van der Waals surface area contributed by atoms with Gasteiger partial charge < -0.3 is 19.9 Å². The number of aliphatic hydroxyl groups is 1. The van der Waals surface area contributed by atoms with Crippen LogP contribution in [0.1, 0.15) is 57.1 Å². The second kappa shape index (κ2) is 8.88. The van der Waals surface area contributed by atoms with Crippen molar-refractivity contribution in [2.24, 2.45) is 23.7 Å². The van der Waals surface area contributed by atoms with Gasteiger partial charge in [-0.15, -0.1) is 0 Å². The van der Waals surface area contributed by atoms with E-state index in [4.69, 9.17) is 14.6 Å². The molecule has 2 N–H and O–H groups in total. The molecule has 1 aromatic carbocycles. The minimum Gasteiger partial charge on any atom is -0.459 e. The Labute approximate surface area is 173 Å². The Balaban J connectivity index is 1.36. The lowest BCUT2D eigenvalue weighted by molar-refractivity contribution is -0.155. The Hall–Kier alpha value is -1.85. The third kappa shape index (κ3) is 4.84. The normalized spacial score (nSPS) is 30.9. The van der Waals surface area contributed by atoms with Crippen molar-refractivity contribution in [1.29, 1.82) is 0 Å². The number of fused-ring (bicyclic) bond motifs is 2. The van der Waals surface area contributed by atoms with E-state index in [0.717, 1.165) is 29.9 Å². The van der Waals surface area contributed by atoms with Crippen LogP contribution in [-0.2, 0) is 27.5 Å². The summed E-state index contributed by atoms with van der Waals surface area (Å²) in [5.41, 5.74) is 1.90. The van der Waals surface area contributed by atoms with Gasteiger partial charge in [-0.2, -0.15) is 0 Å². The summed E-state index contributed by atoms with van der Waals surface area (Å²) in [5, 5.41) is 12.4. The SMILES string of the molecule is CC(C)[C@H]1C=C(C(=O)NC2CC3CCC2C3)O[C@@H](OCc2ccc(CO)cc2)C1. The van der Waals surface area contributed by atoms with E-state index in [1.54, 1.807) is 0 Å². The van der Waals surface area contributed by atoms with Crippen LogP contribution in [0.15, 0.2) is 36.1 Å². The number of carbonyl (C=O) groups is 1. The Kier molecular flexibility index (Phi) is 6.26. The third-order valence-corrected chi connectivity index (χ3v) is 6.86. The molecule has 158 valence electrons. The highest BCUT2D eigenvalue weighted by molar-refractivity contribution is 5.91. The van der Waals surface area contributed by atoms with E-state index in [1.807, 2.05) is 30.3 Å². The molecule has 2 fully saturated rings. The van der Waals surface area contributed by atoms with Crippen LogP contribution in [0.2, 0.25) is 0 Å². The Morgan fingerprint density at radius 1 is 1.17 bits per heavy atom. The van der Waals surface area contributed by atoms with Crippen molar-refractivity contribution in [3.05, 3.63) is 47.2 Å². The molecule has 4 rings (SSSR count). The zero-order valence-electron chi connectivity index (χ0n) is 17.5. The molecular formula is C24H33NO4. The van der Waals surface area contributed by atoms with Gasteiger partial charge in [0.1, 0.15) is 0 Å². The van der Waals surface area contributed by atoms with Crippen LogP contribution in [0.4, 0.5) is 0 Å². The maximum atomic E-state index is 12.9. The van der Waals surface area contributed by atoms with Crippen molar-refractivity contribution >= 4 is 5.91 Å². The van der Waals surface area contributed by atoms with Gasteiger partial charge in [0.15, 0.2) is 5.76 Å². The molecule has 1 heterocycles. The van der Waals surface area contributed by atoms with Crippen LogP contribution >= 0.6 is 0 Å². The number of aliphatic hydroxyl groups excluding tert-OH is 1. The van der Waals surface area contributed by atoms with E-state index in [2.05, 4.69) is 19.2 Å². The number of hydrogen-bond acceptors (Lipinski definition) is 4. The summed E-state index contributed by atoms with van der Waals surface area (Å²) in [4.78, 5) is 12.9. The highest BCUT2D eigenvalue weighted by Gasteiger charge is 2.41. The molecule has 0 saturated heterocycles. The second-order valence-corrected chi connectivity index (χ2v) is 9.26. The van der Waals surface area contributed by atoms with Gasteiger partial charge in [-0.1, -0.05) is 44.5 Å². The lowest BCUT2D eigenvalue weighted by Crippen LogP contribution is -2.41. The van der Waals surface area contributed by atoms with Crippen molar-refractivity contribution in [2.45, 2.75) is 71.5 Å². The fraction of sp³-hybridized carbons (Fsp3) is 0.625. The summed E-state index contributed by atoms with van der Waals surface area (Å²) < 4.78 is 12.0. The highest BCUT2D eigenvalue weighted by Crippen LogP contribution is 2.44. The predicted molar refractivity (Wildman–Crippen MR) is 110 cm³/mol. The Bertz CT molecular complexity index is 742. The molecule has 1 aromatic rings. The van der Waals surface area contributed by atoms with E-state index in [-0.39, 0.29) is 18.4 Å². The summed E-state index contributed by atoms with van der Waals surface area (Å²) >= 11 is 0. The van der Waals surface area contributed by atoms with Gasteiger partial charge in [-0.3, -0.25) is 4.79 Å². The van der Waals surface area contributed by atoms with Crippen molar-refractivity contribution in [3.8, 4) is 0 Å². The summed E-state index contributed by atoms with van der Waals surface area (Å²) in [6, 6.07) is 7.99. The van der Waals surface area contributed by atoms with Crippen LogP contribution in [0.25, 0.3) is 0 Å². The number of allylic oxidation sites excluding steroid dienone is 1. The zero-order valence-corrected chi connectivity index (χ0v) is 17.5. The average Bonchev–Trinajstić information content (AvgIpc) is 3.35. The summed E-state index contributed by atoms with van der Waals surface area (Å²) in [5.74, 6) is 2.43. The first kappa shape index (κ1) is 20.4. The van der Waals surface area contributed by atoms with Crippen molar-refractivity contribution in [1.82, 2.24) is 5.32 Å². The molecule has 2 bridgehead atoms. The lowest BCUT2D eigenvalue weighted by Gasteiger charge is -2.32. The van der Waals surface area contributed by atoms with Crippen molar-refractivity contribution < 1.29 is 19.4 Å². The smallest absolute Gasteiger partial charge is 0.286 e. The fourth-order valence-electron chi connectivity index (χ4n) is 5.00. The quantitative estimate of drug-likeness (QED) is 0.730. The molecular weight excluding hydrogens is 366 g/mol. The number of benzene rings is 1. The van der Waals surface area contributed by atoms with E-state index in [0.29, 0.717) is 30.2 Å². The Morgan fingerprint density at radius 3 is 2.55 bits per heavy atom. The topological polar surface area (TPSA) is 67.8 Å². The molecule has 0 radical (unpaired) electrons. The van der Waals surface area contributed by atoms with Gasteiger partial charge in [-0.25, -0.2) is 0 Å². The van der Waals surface area contributed by atoms with Crippen LogP contribution < -0.4 is 5.32 Å².